The van der Waals surface area contributed by atoms with Crippen LogP contribution >= 0.6 is 0 Å². The van der Waals surface area contributed by atoms with Crippen molar-refractivity contribution in [3.05, 3.63) is 18.1 Å². The molecule has 2 aromatic rings. The Morgan fingerprint density at radius 3 is 2.88 bits per heavy atom. The summed E-state index contributed by atoms with van der Waals surface area (Å²) >= 11 is 0. The molecule has 0 radical (unpaired) electrons. The number of rotatable bonds is 4. The molecule has 0 saturated carbocycles. The van der Waals surface area contributed by atoms with Crippen LogP contribution in [0.1, 0.15) is 19.2 Å². The summed E-state index contributed by atoms with van der Waals surface area (Å²) in [6, 6.07) is 1.92. The second-order valence-corrected chi connectivity index (χ2v) is 3.67. The molecule has 2 heterocycles. The molecule has 2 rings (SSSR count). The van der Waals surface area contributed by atoms with Crippen molar-refractivity contribution < 1.29 is 0 Å². The zero-order valence-corrected chi connectivity index (χ0v) is 9.80. The average Bonchev–Trinajstić information content (AvgIpc) is 2.77. The number of nitrogens with zero attached hydrogens (tertiary/aromatic N) is 5. The SMILES string of the molecule is CCCn1nccc1Nc1nc(C)n(C)n1. The van der Waals surface area contributed by atoms with E-state index in [4.69, 9.17) is 0 Å². The van der Waals surface area contributed by atoms with Gasteiger partial charge in [-0.3, -0.25) is 4.68 Å². The van der Waals surface area contributed by atoms with Gasteiger partial charge in [-0.2, -0.15) is 10.1 Å². The van der Waals surface area contributed by atoms with Gasteiger partial charge in [0.1, 0.15) is 11.6 Å². The first kappa shape index (κ1) is 10.7. The zero-order chi connectivity index (χ0) is 11.5. The molecule has 86 valence electrons. The van der Waals surface area contributed by atoms with Crippen LogP contribution in [0.5, 0.6) is 0 Å². The second-order valence-electron chi connectivity index (χ2n) is 3.67. The Hall–Kier alpha value is -1.85. The van der Waals surface area contributed by atoms with Crippen LogP contribution < -0.4 is 5.32 Å². The summed E-state index contributed by atoms with van der Waals surface area (Å²) in [5.41, 5.74) is 0. The van der Waals surface area contributed by atoms with Gasteiger partial charge in [-0.05, 0) is 13.3 Å². The van der Waals surface area contributed by atoms with E-state index in [1.54, 1.807) is 10.9 Å². The van der Waals surface area contributed by atoms with Crippen LogP contribution in [0.25, 0.3) is 0 Å². The molecule has 0 aliphatic heterocycles. The molecule has 0 spiro atoms. The summed E-state index contributed by atoms with van der Waals surface area (Å²) in [4.78, 5) is 4.29. The predicted octanol–water partition coefficient (Wildman–Crippen LogP) is 1.47. The summed E-state index contributed by atoms with van der Waals surface area (Å²) in [6.45, 7) is 4.93. The highest BCUT2D eigenvalue weighted by Gasteiger charge is 2.06. The molecular formula is C10H16N6. The molecule has 0 amide bonds. The molecule has 0 atom stereocenters. The normalized spacial score (nSPS) is 10.7. The monoisotopic (exact) mass is 220 g/mol. The molecule has 16 heavy (non-hydrogen) atoms. The summed E-state index contributed by atoms with van der Waals surface area (Å²) < 4.78 is 3.65. The molecule has 0 saturated heterocycles. The van der Waals surface area contributed by atoms with Crippen LogP contribution in [0.4, 0.5) is 11.8 Å². The van der Waals surface area contributed by atoms with Gasteiger partial charge in [-0.15, -0.1) is 5.10 Å². The van der Waals surface area contributed by atoms with Gasteiger partial charge in [-0.1, -0.05) is 6.92 Å². The van der Waals surface area contributed by atoms with E-state index in [1.807, 2.05) is 24.7 Å². The molecule has 6 nitrogen and oxygen atoms in total. The molecular weight excluding hydrogens is 204 g/mol. The quantitative estimate of drug-likeness (QED) is 0.847. The maximum Gasteiger partial charge on any atom is 0.247 e. The fourth-order valence-electron chi connectivity index (χ4n) is 1.46. The van der Waals surface area contributed by atoms with Gasteiger partial charge in [0.15, 0.2) is 0 Å². The van der Waals surface area contributed by atoms with E-state index >= 15 is 0 Å². The Morgan fingerprint density at radius 2 is 2.25 bits per heavy atom. The second kappa shape index (κ2) is 4.34. The zero-order valence-electron chi connectivity index (χ0n) is 9.80. The van der Waals surface area contributed by atoms with Crippen molar-refractivity contribution >= 4 is 11.8 Å². The first-order valence-corrected chi connectivity index (χ1v) is 5.37. The minimum absolute atomic E-state index is 0.609. The smallest absolute Gasteiger partial charge is 0.247 e. The fraction of sp³-hybridized carbons (Fsp3) is 0.500. The van der Waals surface area contributed by atoms with E-state index in [2.05, 4.69) is 27.4 Å². The van der Waals surface area contributed by atoms with Gasteiger partial charge in [0.25, 0.3) is 0 Å². The largest absolute Gasteiger partial charge is 0.308 e. The van der Waals surface area contributed by atoms with Crippen molar-refractivity contribution in [1.82, 2.24) is 24.5 Å². The number of nitrogens with one attached hydrogen (secondary N) is 1. The van der Waals surface area contributed by atoms with Crippen molar-refractivity contribution in [2.75, 3.05) is 5.32 Å². The van der Waals surface area contributed by atoms with Crippen LogP contribution in [-0.4, -0.2) is 24.5 Å². The molecule has 0 fully saturated rings. The molecule has 0 aliphatic carbocycles. The Bertz CT molecular complexity index is 450. The summed E-state index contributed by atoms with van der Waals surface area (Å²) in [6.07, 6.45) is 2.82. The third-order valence-corrected chi connectivity index (χ3v) is 2.37. The number of hydrogen-bond acceptors (Lipinski definition) is 4. The van der Waals surface area contributed by atoms with Gasteiger partial charge in [0.2, 0.25) is 5.95 Å². The van der Waals surface area contributed by atoms with E-state index in [-0.39, 0.29) is 0 Å². The Morgan fingerprint density at radius 1 is 1.44 bits per heavy atom. The number of aromatic nitrogens is 5. The molecule has 6 heteroatoms. The van der Waals surface area contributed by atoms with Gasteiger partial charge in [-0.25, -0.2) is 4.68 Å². The molecule has 0 aliphatic rings. The predicted molar refractivity (Wildman–Crippen MR) is 61.5 cm³/mol. The van der Waals surface area contributed by atoms with Gasteiger partial charge < -0.3 is 5.32 Å². The topological polar surface area (TPSA) is 60.6 Å². The van der Waals surface area contributed by atoms with Crippen LogP contribution in [0.3, 0.4) is 0 Å². The Balaban J connectivity index is 2.16. The molecule has 0 aromatic carbocycles. The van der Waals surface area contributed by atoms with Crippen molar-refractivity contribution in [2.24, 2.45) is 7.05 Å². The summed E-state index contributed by atoms with van der Waals surface area (Å²) in [5.74, 6) is 2.41. The third kappa shape index (κ3) is 2.05. The van der Waals surface area contributed by atoms with Crippen molar-refractivity contribution in [3.8, 4) is 0 Å². The van der Waals surface area contributed by atoms with Crippen molar-refractivity contribution in [3.63, 3.8) is 0 Å². The first-order valence-electron chi connectivity index (χ1n) is 5.37. The molecule has 2 aromatic heterocycles. The van der Waals surface area contributed by atoms with E-state index in [0.29, 0.717) is 5.95 Å². The maximum atomic E-state index is 4.29. The number of anilines is 2. The lowest BCUT2D eigenvalue weighted by Gasteiger charge is -2.05. The van der Waals surface area contributed by atoms with Gasteiger partial charge >= 0.3 is 0 Å². The first-order chi connectivity index (χ1) is 7.70. The van der Waals surface area contributed by atoms with E-state index in [9.17, 15) is 0 Å². The highest BCUT2D eigenvalue weighted by atomic mass is 15.4. The standard InChI is InChI=1S/C10H16N6/c1-4-7-16-9(5-6-11-16)13-10-12-8(2)15(3)14-10/h5-6H,4,7H2,1-3H3,(H,13,14). The summed E-state index contributed by atoms with van der Waals surface area (Å²) in [5, 5.41) is 11.6. The highest BCUT2D eigenvalue weighted by molar-refractivity contribution is 5.47. The van der Waals surface area contributed by atoms with E-state index < -0.39 is 0 Å². The lowest BCUT2D eigenvalue weighted by atomic mass is 10.5. The van der Waals surface area contributed by atoms with Crippen LogP contribution in [0.2, 0.25) is 0 Å². The Kier molecular flexibility index (Phi) is 2.89. The van der Waals surface area contributed by atoms with E-state index in [0.717, 1.165) is 24.6 Å². The van der Waals surface area contributed by atoms with Crippen molar-refractivity contribution in [2.45, 2.75) is 26.8 Å². The van der Waals surface area contributed by atoms with Crippen molar-refractivity contribution in [1.29, 1.82) is 0 Å². The molecule has 1 N–H and O–H groups in total. The fourth-order valence-corrected chi connectivity index (χ4v) is 1.46. The number of hydrogen-bond donors (Lipinski definition) is 1. The number of aryl methyl sites for hydroxylation is 3. The van der Waals surface area contributed by atoms with Gasteiger partial charge in [0.05, 0.1) is 6.20 Å². The van der Waals surface area contributed by atoms with Gasteiger partial charge in [0, 0.05) is 19.7 Å². The summed E-state index contributed by atoms with van der Waals surface area (Å²) in [7, 11) is 1.87. The maximum absolute atomic E-state index is 4.29. The minimum Gasteiger partial charge on any atom is -0.308 e. The Labute approximate surface area is 94.3 Å². The third-order valence-electron chi connectivity index (χ3n) is 2.37. The lowest BCUT2D eigenvalue weighted by molar-refractivity contribution is 0.609. The van der Waals surface area contributed by atoms with Crippen LogP contribution in [0.15, 0.2) is 12.3 Å². The minimum atomic E-state index is 0.609. The highest BCUT2D eigenvalue weighted by Crippen LogP contribution is 2.12. The van der Waals surface area contributed by atoms with E-state index in [1.165, 1.54) is 0 Å². The molecule has 0 unspecified atom stereocenters. The van der Waals surface area contributed by atoms with Crippen LogP contribution in [-0.2, 0) is 13.6 Å². The average molecular weight is 220 g/mol. The van der Waals surface area contributed by atoms with Crippen LogP contribution in [0, 0.1) is 6.92 Å². The molecule has 0 bridgehead atoms. The lowest BCUT2D eigenvalue weighted by Crippen LogP contribution is -2.05.